The number of ether oxygens (including phenoxy) is 1. The number of hydrogen-bond donors (Lipinski definition) is 1. The second kappa shape index (κ2) is 7.57. The average molecular weight is 333 g/mol. The van der Waals surface area contributed by atoms with Crippen molar-refractivity contribution in [2.45, 2.75) is 12.8 Å². The summed E-state index contributed by atoms with van der Waals surface area (Å²) in [5.74, 6) is 0.357. The van der Waals surface area contributed by atoms with Gasteiger partial charge in [-0.25, -0.2) is 5.43 Å². The lowest BCUT2D eigenvalue weighted by Crippen LogP contribution is -2.23. The molecule has 0 aliphatic rings. The van der Waals surface area contributed by atoms with Crippen LogP contribution in [0.3, 0.4) is 0 Å². The van der Waals surface area contributed by atoms with E-state index in [0.717, 1.165) is 27.6 Å². The van der Waals surface area contributed by atoms with E-state index in [2.05, 4.69) is 15.5 Å². The molecule has 1 atom stereocenters. The topological polar surface area (TPSA) is 63.6 Å². The molecule has 0 spiro atoms. The number of carbonyl (C=O) groups excluding carboxylic acids is 1. The maximum atomic E-state index is 12.3. The zero-order chi connectivity index (χ0) is 17.6. The molecule has 0 saturated carbocycles. The van der Waals surface area contributed by atoms with E-state index in [1.165, 1.54) is 0 Å². The van der Waals surface area contributed by atoms with Crippen LogP contribution in [0.2, 0.25) is 0 Å². The fourth-order valence-corrected chi connectivity index (χ4v) is 2.51. The molecule has 0 saturated heterocycles. The lowest BCUT2D eigenvalue weighted by molar-refractivity contribution is -0.122. The third-order valence-corrected chi connectivity index (χ3v) is 4.06. The minimum absolute atomic E-state index is 0.154. The van der Waals surface area contributed by atoms with Gasteiger partial charge in [-0.3, -0.25) is 9.78 Å². The zero-order valence-corrected chi connectivity index (χ0v) is 14.1. The van der Waals surface area contributed by atoms with Crippen molar-refractivity contribution in [3.05, 3.63) is 72.1 Å². The molecular formula is C20H19N3O2. The van der Waals surface area contributed by atoms with Gasteiger partial charge in [0.05, 0.1) is 19.2 Å². The average Bonchev–Trinajstić information content (AvgIpc) is 2.67. The quantitative estimate of drug-likeness (QED) is 0.574. The SMILES string of the molecule is COc1ccc2cc(C(C)C(=O)NN=Cc3ccncc3)ccc2c1. The number of fused-ring (bicyclic) bond motifs is 1. The van der Waals surface area contributed by atoms with Crippen LogP contribution in [0.4, 0.5) is 0 Å². The molecular weight excluding hydrogens is 314 g/mol. The van der Waals surface area contributed by atoms with Crippen molar-refractivity contribution in [3.8, 4) is 5.75 Å². The highest BCUT2D eigenvalue weighted by Crippen LogP contribution is 2.25. The Morgan fingerprint density at radius 2 is 1.84 bits per heavy atom. The standard InChI is InChI=1S/C20H19N3O2/c1-14(20(24)23-22-13-15-7-9-21-10-8-15)16-3-4-18-12-19(25-2)6-5-17(18)11-16/h3-14H,1-2H3,(H,23,24). The molecule has 1 aromatic heterocycles. The predicted octanol–water partition coefficient (Wildman–Crippen LogP) is 3.50. The normalized spacial score (nSPS) is 12.2. The number of rotatable bonds is 5. The van der Waals surface area contributed by atoms with E-state index < -0.39 is 0 Å². The molecule has 5 heteroatoms. The summed E-state index contributed by atoms with van der Waals surface area (Å²) in [6, 6.07) is 15.5. The molecule has 126 valence electrons. The number of amides is 1. The summed E-state index contributed by atoms with van der Waals surface area (Å²) in [5.41, 5.74) is 4.40. The molecule has 0 aliphatic carbocycles. The van der Waals surface area contributed by atoms with E-state index in [-0.39, 0.29) is 11.8 Å². The monoisotopic (exact) mass is 333 g/mol. The van der Waals surface area contributed by atoms with E-state index in [1.54, 1.807) is 25.7 Å². The van der Waals surface area contributed by atoms with E-state index >= 15 is 0 Å². The lowest BCUT2D eigenvalue weighted by Gasteiger charge is -2.11. The fraction of sp³-hybridized carbons (Fsp3) is 0.150. The second-order valence-electron chi connectivity index (χ2n) is 5.71. The van der Waals surface area contributed by atoms with Gasteiger partial charge in [0.25, 0.3) is 0 Å². The van der Waals surface area contributed by atoms with Crippen LogP contribution in [0.25, 0.3) is 10.8 Å². The molecule has 0 bridgehead atoms. The van der Waals surface area contributed by atoms with Gasteiger partial charge in [-0.1, -0.05) is 24.3 Å². The molecule has 0 fully saturated rings. The molecule has 1 N–H and O–H groups in total. The molecule has 1 amide bonds. The Balaban J connectivity index is 1.71. The largest absolute Gasteiger partial charge is 0.497 e. The molecule has 0 aliphatic heterocycles. The summed E-state index contributed by atoms with van der Waals surface area (Å²) in [4.78, 5) is 16.2. The third kappa shape index (κ3) is 4.01. The van der Waals surface area contributed by atoms with Crippen LogP contribution >= 0.6 is 0 Å². The van der Waals surface area contributed by atoms with Crippen molar-refractivity contribution in [2.24, 2.45) is 5.10 Å². The maximum Gasteiger partial charge on any atom is 0.247 e. The van der Waals surface area contributed by atoms with E-state index in [1.807, 2.05) is 55.5 Å². The van der Waals surface area contributed by atoms with Gasteiger partial charge in [0.15, 0.2) is 0 Å². The van der Waals surface area contributed by atoms with Crippen LogP contribution in [-0.2, 0) is 4.79 Å². The van der Waals surface area contributed by atoms with Gasteiger partial charge < -0.3 is 4.74 Å². The van der Waals surface area contributed by atoms with E-state index in [9.17, 15) is 4.79 Å². The Hall–Kier alpha value is -3.21. The van der Waals surface area contributed by atoms with Gasteiger partial charge in [0, 0.05) is 12.4 Å². The van der Waals surface area contributed by atoms with E-state index in [4.69, 9.17) is 4.74 Å². The number of benzene rings is 2. The number of hydrazone groups is 1. The van der Waals surface area contributed by atoms with Gasteiger partial charge in [-0.15, -0.1) is 0 Å². The van der Waals surface area contributed by atoms with Crippen LogP contribution in [-0.4, -0.2) is 24.2 Å². The number of aromatic nitrogens is 1. The molecule has 0 radical (unpaired) electrons. The Morgan fingerprint density at radius 3 is 2.60 bits per heavy atom. The first-order chi connectivity index (χ1) is 12.2. The summed E-state index contributed by atoms with van der Waals surface area (Å²) in [7, 11) is 1.65. The van der Waals surface area contributed by atoms with Crippen molar-refractivity contribution in [2.75, 3.05) is 7.11 Å². The summed E-state index contributed by atoms with van der Waals surface area (Å²) >= 11 is 0. The highest BCUT2D eigenvalue weighted by atomic mass is 16.5. The van der Waals surface area contributed by atoms with Crippen LogP contribution < -0.4 is 10.2 Å². The molecule has 5 nitrogen and oxygen atoms in total. The number of nitrogens with one attached hydrogen (secondary N) is 1. The number of pyridine rings is 1. The van der Waals surface area contributed by atoms with Crippen LogP contribution in [0.5, 0.6) is 5.75 Å². The highest BCUT2D eigenvalue weighted by molar-refractivity contribution is 5.89. The lowest BCUT2D eigenvalue weighted by atomic mass is 9.97. The third-order valence-electron chi connectivity index (χ3n) is 4.06. The first kappa shape index (κ1) is 16.6. The second-order valence-corrected chi connectivity index (χ2v) is 5.71. The first-order valence-corrected chi connectivity index (χ1v) is 7.98. The summed E-state index contributed by atoms with van der Waals surface area (Å²) in [5, 5.41) is 6.15. The van der Waals surface area contributed by atoms with Gasteiger partial charge in [0.1, 0.15) is 5.75 Å². The Bertz CT molecular complexity index is 907. The van der Waals surface area contributed by atoms with Crippen LogP contribution in [0.1, 0.15) is 24.0 Å². The summed E-state index contributed by atoms with van der Waals surface area (Å²) < 4.78 is 5.24. The van der Waals surface area contributed by atoms with Crippen LogP contribution in [0, 0.1) is 0 Å². The molecule has 1 heterocycles. The predicted molar refractivity (Wildman–Crippen MR) is 98.9 cm³/mol. The van der Waals surface area contributed by atoms with Gasteiger partial charge in [0.2, 0.25) is 5.91 Å². The molecule has 3 rings (SSSR count). The minimum Gasteiger partial charge on any atom is -0.497 e. The van der Waals surface area contributed by atoms with E-state index in [0.29, 0.717) is 0 Å². The first-order valence-electron chi connectivity index (χ1n) is 7.98. The number of methoxy groups -OCH3 is 1. The van der Waals surface area contributed by atoms with Crippen molar-refractivity contribution >= 4 is 22.9 Å². The number of carbonyl (C=O) groups is 1. The van der Waals surface area contributed by atoms with Gasteiger partial charge >= 0.3 is 0 Å². The van der Waals surface area contributed by atoms with Gasteiger partial charge in [-0.05, 0) is 53.1 Å². The van der Waals surface area contributed by atoms with Crippen molar-refractivity contribution < 1.29 is 9.53 Å². The minimum atomic E-state index is -0.305. The Morgan fingerprint density at radius 1 is 1.12 bits per heavy atom. The van der Waals surface area contributed by atoms with Crippen molar-refractivity contribution in [3.63, 3.8) is 0 Å². The van der Waals surface area contributed by atoms with Crippen LogP contribution in [0.15, 0.2) is 66.0 Å². The van der Waals surface area contributed by atoms with Crippen molar-refractivity contribution in [1.29, 1.82) is 0 Å². The van der Waals surface area contributed by atoms with Crippen molar-refractivity contribution in [1.82, 2.24) is 10.4 Å². The Kier molecular flexibility index (Phi) is 5.04. The highest BCUT2D eigenvalue weighted by Gasteiger charge is 2.15. The maximum absolute atomic E-state index is 12.3. The zero-order valence-electron chi connectivity index (χ0n) is 14.1. The summed E-state index contributed by atoms with van der Waals surface area (Å²) in [6.07, 6.45) is 4.95. The molecule has 2 aromatic carbocycles. The fourth-order valence-electron chi connectivity index (χ4n) is 2.51. The van der Waals surface area contributed by atoms with Gasteiger partial charge in [-0.2, -0.15) is 5.10 Å². The Labute approximate surface area is 146 Å². The molecule has 3 aromatic rings. The number of hydrogen-bond acceptors (Lipinski definition) is 4. The number of nitrogens with zero attached hydrogens (tertiary/aromatic N) is 2. The molecule has 1 unspecified atom stereocenters. The smallest absolute Gasteiger partial charge is 0.247 e. The molecule has 25 heavy (non-hydrogen) atoms. The summed E-state index contributed by atoms with van der Waals surface area (Å²) in [6.45, 7) is 1.86.